The Bertz CT molecular complexity index is 1970. The van der Waals surface area contributed by atoms with Gasteiger partial charge in [-0.25, -0.2) is 4.98 Å². The molecule has 6 rings (SSSR count). The van der Waals surface area contributed by atoms with Crippen molar-refractivity contribution < 1.29 is 14.9 Å². The normalized spacial score (nSPS) is 11.3. The summed E-state index contributed by atoms with van der Waals surface area (Å²) in [7, 11) is 0. The standard InChI is InChI=1S/C33H28N4O4/c1-3-41-29-15-23-14-24(18-38)28(19-39)31(27(23)13-20(29)2)21-10-12-35-30(16-21)37-33(40)26-9-5-4-8-25(26)32(36-37)22-7-6-11-34-17-22/h4-17,38-39H,3,18-19H2,1-2H3. The lowest BCUT2D eigenvalue weighted by Crippen LogP contribution is -2.23. The van der Waals surface area contributed by atoms with E-state index in [0.717, 1.165) is 44.2 Å². The molecule has 0 radical (unpaired) electrons. The topological polar surface area (TPSA) is 110 Å². The molecule has 204 valence electrons. The van der Waals surface area contributed by atoms with Crippen LogP contribution in [-0.2, 0) is 13.2 Å². The quantitative estimate of drug-likeness (QED) is 0.279. The van der Waals surface area contributed by atoms with Gasteiger partial charge in [0.15, 0.2) is 5.82 Å². The Balaban J connectivity index is 1.62. The van der Waals surface area contributed by atoms with Crippen molar-refractivity contribution >= 4 is 21.5 Å². The van der Waals surface area contributed by atoms with Crippen LogP contribution in [0.4, 0.5) is 0 Å². The number of hydrogen-bond acceptors (Lipinski definition) is 7. The van der Waals surface area contributed by atoms with Gasteiger partial charge in [-0.1, -0.05) is 18.2 Å². The molecule has 6 aromatic rings. The van der Waals surface area contributed by atoms with Crippen LogP contribution >= 0.6 is 0 Å². The molecule has 0 bridgehead atoms. The zero-order chi connectivity index (χ0) is 28.5. The zero-order valence-electron chi connectivity index (χ0n) is 22.7. The van der Waals surface area contributed by atoms with Crippen molar-refractivity contribution in [3.05, 3.63) is 112 Å². The van der Waals surface area contributed by atoms with Crippen LogP contribution < -0.4 is 10.3 Å². The van der Waals surface area contributed by atoms with E-state index in [9.17, 15) is 15.0 Å². The third kappa shape index (κ3) is 4.63. The number of nitrogens with zero attached hydrogens (tertiary/aromatic N) is 4. The molecule has 0 spiro atoms. The molecule has 3 aromatic heterocycles. The fraction of sp³-hybridized carbons (Fsp3) is 0.152. The number of ether oxygens (including phenoxy) is 1. The number of benzene rings is 3. The van der Waals surface area contributed by atoms with Gasteiger partial charge in [0.2, 0.25) is 0 Å². The molecule has 0 aliphatic rings. The summed E-state index contributed by atoms with van der Waals surface area (Å²) in [5.41, 5.74) is 4.74. The molecule has 8 nitrogen and oxygen atoms in total. The summed E-state index contributed by atoms with van der Waals surface area (Å²) in [6.45, 7) is 3.93. The lowest BCUT2D eigenvalue weighted by molar-refractivity contribution is 0.260. The van der Waals surface area contributed by atoms with Gasteiger partial charge in [0.1, 0.15) is 11.4 Å². The first kappa shape index (κ1) is 26.3. The van der Waals surface area contributed by atoms with Crippen LogP contribution in [0.5, 0.6) is 5.75 Å². The molecule has 8 heteroatoms. The maximum Gasteiger partial charge on any atom is 0.280 e. The lowest BCUT2D eigenvalue weighted by atomic mass is 9.89. The number of pyridine rings is 2. The van der Waals surface area contributed by atoms with Gasteiger partial charge in [0.05, 0.1) is 25.2 Å². The van der Waals surface area contributed by atoms with Crippen LogP contribution in [0.1, 0.15) is 23.6 Å². The van der Waals surface area contributed by atoms with E-state index in [1.54, 1.807) is 30.7 Å². The first-order valence-corrected chi connectivity index (χ1v) is 13.4. The number of aliphatic hydroxyl groups is 2. The largest absolute Gasteiger partial charge is 0.494 e. The molecule has 0 saturated heterocycles. The van der Waals surface area contributed by atoms with E-state index in [1.165, 1.54) is 4.68 Å². The van der Waals surface area contributed by atoms with E-state index >= 15 is 0 Å². The molecule has 2 N–H and O–H groups in total. The van der Waals surface area contributed by atoms with E-state index in [-0.39, 0.29) is 18.8 Å². The second-order valence-corrected chi connectivity index (χ2v) is 9.73. The summed E-state index contributed by atoms with van der Waals surface area (Å²) < 4.78 is 7.13. The monoisotopic (exact) mass is 544 g/mol. The Morgan fingerprint density at radius 3 is 2.44 bits per heavy atom. The Kier molecular flexibility index (Phi) is 7.01. The van der Waals surface area contributed by atoms with Gasteiger partial charge in [0.25, 0.3) is 5.56 Å². The zero-order valence-corrected chi connectivity index (χ0v) is 22.7. The van der Waals surface area contributed by atoms with E-state index in [4.69, 9.17) is 9.84 Å². The number of aromatic nitrogens is 4. The smallest absolute Gasteiger partial charge is 0.280 e. The summed E-state index contributed by atoms with van der Waals surface area (Å²) in [6.07, 6.45) is 5.03. The third-order valence-electron chi connectivity index (χ3n) is 7.25. The summed E-state index contributed by atoms with van der Waals surface area (Å²) in [6, 6.07) is 20.6. The summed E-state index contributed by atoms with van der Waals surface area (Å²) in [5.74, 6) is 1.09. The average Bonchev–Trinajstić information content (AvgIpc) is 3.01. The fourth-order valence-electron chi connectivity index (χ4n) is 5.35. The fourth-order valence-corrected chi connectivity index (χ4v) is 5.35. The Labute approximate surface area is 236 Å². The minimum atomic E-state index is -0.300. The molecule has 0 aliphatic carbocycles. The van der Waals surface area contributed by atoms with Gasteiger partial charge >= 0.3 is 0 Å². The first-order chi connectivity index (χ1) is 20.0. The average molecular weight is 545 g/mol. The number of aliphatic hydroxyl groups excluding tert-OH is 2. The van der Waals surface area contributed by atoms with Crippen molar-refractivity contribution in [2.75, 3.05) is 6.61 Å². The molecule has 0 amide bonds. The van der Waals surface area contributed by atoms with Gasteiger partial charge < -0.3 is 14.9 Å². The number of rotatable bonds is 7. The Morgan fingerprint density at radius 2 is 1.71 bits per heavy atom. The molecule has 0 fully saturated rings. The maximum atomic E-state index is 13.7. The molecule has 3 heterocycles. The number of fused-ring (bicyclic) bond motifs is 2. The van der Waals surface area contributed by atoms with Crippen molar-refractivity contribution in [2.45, 2.75) is 27.1 Å². The highest BCUT2D eigenvalue weighted by Crippen LogP contribution is 2.38. The Hall–Kier alpha value is -4.92. The second-order valence-electron chi connectivity index (χ2n) is 9.73. The van der Waals surface area contributed by atoms with Crippen molar-refractivity contribution in [3.8, 4) is 34.0 Å². The summed E-state index contributed by atoms with van der Waals surface area (Å²) in [5, 5.41) is 28.4. The van der Waals surface area contributed by atoms with Crippen LogP contribution in [0.2, 0.25) is 0 Å². The van der Waals surface area contributed by atoms with Crippen LogP contribution in [0.15, 0.2) is 90.1 Å². The Morgan fingerprint density at radius 1 is 0.878 bits per heavy atom. The van der Waals surface area contributed by atoms with Crippen LogP contribution in [0.25, 0.3) is 49.7 Å². The van der Waals surface area contributed by atoms with Gasteiger partial charge in [-0.15, -0.1) is 0 Å². The molecule has 3 aromatic carbocycles. The van der Waals surface area contributed by atoms with Gasteiger partial charge in [-0.3, -0.25) is 9.78 Å². The summed E-state index contributed by atoms with van der Waals surface area (Å²) in [4.78, 5) is 22.5. The summed E-state index contributed by atoms with van der Waals surface area (Å²) >= 11 is 0. The van der Waals surface area contributed by atoms with Crippen molar-refractivity contribution in [1.82, 2.24) is 19.7 Å². The molecule has 0 unspecified atom stereocenters. The third-order valence-corrected chi connectivity index (χ3v) is 7.25. The van der Waals surface area contributed by atoms with E-state index in [2.05, 4.69) is 9.97 Å². The highest BCUT2D eigenvalue weighted by atomic mass is 16.5. The molecule has 0 atom stereocenters. The van der Waals surface area contributed by atoms with E-state index in [1.807, 2.05) is 68.4 Å². The van der Waals surface area contributed by atoms with Crippen LogP contribution in [-0.4, -0.2) is 36.6 Å². The van der Waals surface area contributed by atoms with Crippen LogP contribution in [0, 0.1) is 6.92 Å². The molecule has 0 aliphatic heterocycles. The van der Waals surface area contributed by atoms with E-state index in [0.29, 0.717) is 34.6 Å². The molecule has 41 heavy (non-hydrogen) atoms. The maximum absolute atomic E-state index is 13.7. The predicted octanol–water partition coefficient (Wildman–Crippen LogP) is 5.35. The van der Waals surface area contributed by atoms with Crippen molar-refractivity contribution in [2.24, 2.45) is 0 Å². The predicted molar refractivity (Wildman–Crippen MR) is 159 cm³/mol. The van der Waals surface area contributed by atoms with Crippen LogP contribution in [0.3, 0.4) is 0 Å². The number of hydrogen-bond donors (Lipinski definition) is 2. The van der Waals surface area contributed by atoms with Gasteiger partial charge in [0, 0.05) is 29.5 Å². The highest BCUT2D eigenvalue weighted by Gasteiger charge is 2.19. The van der Waals surface area contributed by atoms with Crippen molar-refractivity contribution in [3.63, 3.8) is 0 Å². The highest BCUT2D eigenvalue weighted by molar-refractivity contribution is 6.00. The number of aryl methyl sites for hydroxylation is 1. The molecule has 0 saturated carbocycles. The van der Waals surface area contributed by atoms with Crippen molar-refractivity contribution in [1.29, 1.82) is 0 Å². The molecular weight excluding hydrogens is 516 g/mol. The lowest BCUT2D eigenvalue weighted by Gasteiger charge is -2.19. The second kappa shape index (κ2) is 10.9. The molecular formula is C33H28N4O4. The minimum Gasteiger partial charge on any atom is -0.494 e. The SMILES string of the molecule is CCOc1cc2cc(CO)c(CO)c(-c3ccnc(-n4nc(-c5cccnc5)c5ccccc5c4=O)c3)c2cc1C. The van der Waals surface area contributed by atoms with Gasteiger partial charge in [-0.2, -0.15) is 9.78 Å². The van der Waals surface area contributed by atoms with E-state index < -0.39 is 0 Å². The van der Waals surface area contributed by atoms with Gasteiger partial charge in [-0.05, 0) is 101 Å². The first-order valence-electron chi connectivity index (χ1n) is 13.4. The minimum absolute atomic E-state index is 0.241.